The lowest BCUT2D eigenvalue weighted by Crippen LogP contribution is -2.53. The van der Waals surface area contributed by atoms with Crippen molar-refractivity contribution in [2.24, 2.45) is 4.99 Å². The molecule has 9 heteroatoms. The van der Waals surface area contributed by atoms with Gasteiger partial charge in [-0.3, -0.25) is 9.79 Å². The Morgan fingerprint density at radius 1 is 1.17 bits per heavy atom. The van der Waals surface area contributed by atoms with Crippen molar-refractivity contribution >= 4 is 35.8 Å². The average Bonchev–Trinajstić information content (AvgIpc) is 3.29. The van der Waals surface area contributed by atoms with Gasteiger partial charge in [0.1, 0.15) is 11.6 Å². The molecule has 2 heterocycles. The highest BCUT2D eigenvalue weighted by atomic mass is 127. The van der Waals surface area contributed by atoms with E-state index in [9.17, 15) is 9.18 Å². The summed E-state index contributed by atoms with van der Waals surface area (Å²) in [5.74, 6) is 1.52. The van der Waals surface area contributed by atoms with E-state index in [4.69, 9.17) is 9.15 Å². The molecule has 0 radical (unpaired) electrons. The Hall–Kier alpha value is -2.30. The maximum absolute atomic E-state index is 12.9. The maximum atomic E-state index is 12.9. The quantitative estimate of drug-likeness (QED) is 0.258. The first-order valence-electron chi connectivity index (χ1n) is 9.92. The molecule has 0 atom stereocenters. The van der Waals surface area contributed by atoms with E-state index in [1.165, 1.54) is 18.4 Å². The molecule has 1 fully saturated rings. The predicted octanol–water partition coefficient (Wildman–Crippen LogP) is 3.23. The van der Waals surface area contributed by atoms with Crippen molar-refractivity contribution in [2.75, 3.05) is 45.9 Å². The Morgan fingerprint density at radius 2 is 1.87 bits per heavy atom. The largest absolute Gasteiger partial charge is 0.494 e. The molecule has 1 aromatic carbocycles. The minimum atomic E-state index is -0.275. The molecule has 7 nitrogen and oxygen atoms in total. The third-order valence-corrected chi connectivity index (χ3v) is 4.58. The van der Waals surface area contributed by atoms with Crippen molar-refractivity contribution in [1.82, 2.24) is 15.1 Å². The Kier molecular flexibility index (Phi) is 9.92. The van der Waals surface area contributed by atoms with E-state index in [1.54, 1.807) is 29.2 Å². The van der Waals surface area contributed by atoms with Crippen LogP contribution in [-0.2, 0) is 0 Å². The summed E-state index contributed by atoms with van der Waals surface area (Å²) >= 11 is 0. The van der Waals surface area contributed by atoms with Gasteiger partial charge in [-0.1, -0.05) is 0 Å². The van der Waals surface area contributed by atoms with Crippen molar-refractivity contribution in [3.8, 4) is 5.75 Å². The summed E-state index contributed by atoms with van der Waals surface area (Å²) in [6, 6.07) is 9.41. The lowest BCUT2D eigenvalue weighted by molar-refractivity contribution is 0.0657. The molecule has 164 valence electrons. The third kappa shape index (κ3) is 6.89. The molecular weight excluding hydrogens is 502 g/mol. The molecule has 1 aromatic heterocycles. The number of guanidine groups is 1. The monoisotopic (exact) mass is 530 g/mol. The van der Waals surface area contributed by atoms with E-state index >= 15 is 0 Å². The smallest absolute Gasteiger partial charge is 0.289 e. The molecule has 2 aromatic rings. The summed E-state index contributed by atoms with van der Waals surface area (Å²) in [5, 5.41) is 3.31. The van der Waals surface area contributed by atoms with Gasteiger partial charge in [-0.15, -0.1) is 24.0 Å². The van der Waals surface area contributed by atoms with Gasteiger partial charge in [0.25, 0.3) is 5.91 Å². The molecule has 0 spiro atoms. The van der Waals surface area contributed by atoms with Crippen molar-refractivity contribution in [2.45, 2.75) is 13.3 Å². The summed E-state index contributed by atoms with van der Waals surface area (Å²) in [5.41, 5.74) is 0. The fourth-order valence-corrected chi connectivity index (χ4v) is 3.07. The van der Waals surface area contributed by atoms with Crippen LogP contribution in [0.15, 0.2) is 52.1 Å². The van der Waals surface area contributed by atoms with Crippen molar-refractivity contribution < 1.29 is 18.3 Å². The van der Waals surface area contributed by atoms with Gasteiger partial charge in [0.2, 0.25) is 0 Å². The van der Waals surface area contributed by atoms with Crippen LogP contribution in [0.2, 0.25) is 0 Å². The van der Waals surface area contributed by atoms with Crippen LogP contribution in [0.5, 0.6) is 5.75 Å². The fraction of sp³-hybridized carbons (Fsp3) is 0.429. The standard InChI is InChI=1S/C21H27FN4O3.HI/c1-2-23-21(24-10-4-16-28-18-8-6-17(22)7-9-18)26-13-11-25(12-14-26)20(27)19-5-3-15-29-19;/h3,5-9,15H,2,4,10-14,16H2,1H3,(H,23,24);1H. The topological polar surface area (TPSA) is 70.3 Å². The number of rotatable bonds is 7. The summed E-state index contributed by atoms with van der Waals surface area (Å²) < 4.78 is 23.7. The molecule has 0 aliphatic carbocycles. The van der Waals surface area contributed by atoms with Crippen LogP contribution in [-0.4, -0.2) is 67.5 Å². The van der Waals surface area contributed by atoms with Crippen LogP contribution in [0, 0.1) is 5.82 Å². The van der Waals surface area contributed by atoms with Crippen LogP contribution in [0.4, 0.5) is 4.39 Å². The van der Waals surface area contributed by atoms with E-state index in [2.05, 4.69) is 15.2 Å². The molecule has 1 aliphatic heterocycles. The summed E-state index contributed by atoms with van der Waals surface area (Å²) in [7, 11) is 0. The molecule has 0 bridgehead atoms. The first kappa shape index (κ1) is 24.0. The highest BCUT2D eigenvalue weighted by Gasteiger charge is 2.25. The van der Waals surface area contributed by atoms with Gasteiger partial charge in [-0.2, -0.15) is 0 Å². The zero-order valence-electron chi connectivity index (χ0n) is 17.1. The lowest BCUT2D eigenvalue weighted by Gasteiger charge is -2.36. The van der Waals surface area contributed by atoms with Gasteiger partial charge in [0, 0.05) is 45.7 Å². The fourth-order valence-electron chi connectivity index (χ4n) is 3.07. The van der Waals surface area contributed by atoms with Gasteiger partial charge >= 0.3 is 0 Å². The Balaban J connectivity index is 0.00000320. The number of carbonyl (C=O) groups is 1. The third-order valence-electron chi connectivity index (χ3n) is 4.58. The van der Waals surface area contributed by atoms with Crippen LogP contribution in [0.3, 0.4) is 0 Å². The van der Waals surface area contributed by atoms with Gasteiger partial charge in [-0.05, 0) is 43.3 Å². The first-order valence-corrected chi connectivity index (χ1v) is 9.92. The molecule has 0 saturated carbocycles. The number of ether oxygens (including phenoxy) is 1. The Bertz CT molecular complexity index is 791. The zero-order valence-corrected chi connectivity index (χ0v) is 19.4. The van der Waals surface area contributed by atoms with Gasteiger partial charge in [-0.25, -0.2) is 4.39 Å². The molecular formula is C21H28FIN4O3. The maximum Gasteiger partial charge on any atom is 0.289 e. The van der Waals surface area contributed by atoms with Crippen molar-refractivity contribution in [3.63, 3.8) is 0 Å². The molecule has 1 amide bonds. The van der Waals surface area contributed by atoms with Gasteiger partial charge in [0.15, 0.2) is 11.7 Å². The second kappa shape index (κ2) is 12.4. The second-order valence-corrected chi connectivity index (χ2v) is 6.65. The number of amides is 1. The average molecular weight is 530 g/mol. The Morgan fingerprint density at radius 3 is 2.50 bits per heavy atom. The second-order valence-electron chi connectivity index (χ2n) is 6.65. The number of aliphatic imine (C=N–C) groups is 1. The normalized spacial score (nSPS) is 14.3. The molecule has 1 saturated heterocycles. The van der Waals surface area contributed by atoms with Gasteiger partial charge < -0.3 is 24.3 Å². The van der Waals surface area contributed by atoms with E-state index in [-0.39, 0.29) is 35.7 Å². The number of hydrogen-bond donors (Lipinski definition) is 1. The van der Waals surface area contributed by atoms with Crippen molar-refractivity contribution in [3.05, 3.63) is 54.2 Å². The molecule has 1 N–H and O–H groups in total. The van der Waals surface area contributed by atoms with Crippen LogP contribution >= 0.6 is 24.0 Å². The van der Waals surface area contributed by atoms with Gasteiger partial charge in [0.05, 0.1) is 12.9 Å². The van der Waals surface area contributed by atoms with E-state index in [1.807, 2.05) is 6.92 Å². The summed E-state index contributed by atoms with van der Waals surface area (Å²) in [6.45, 7) is 6.61. The number of hydrogen-bond acceptors (Lipinski definition) is 4. The zero-order chi connectivity index (χ0) is 20.5. The van der Waals surface area contributed by atoms with E-state index < -0.39 is 0 Å². The molecule has 0 unspecified atom stereocenters. The SMILES string of the molecule is CCNC(=NCCCOc1ccc(F)cc1)N1CCN(C(=O)c2ccco2)CC1.I. The van der Waals surface area contributed by atoms with E-state index in [0.29, 0.717) is 50.8 Å². The van der Waals surface area contributed by atoms with E-state index in [0.717, 1.165) is 18.9 Å². The van der Waals surface area contributed by atoms with Crippen molar-refractivity contribution in [1.29, 1.82) is 0 Å². The summed E-state index contributed by atoms with van der Waals surface area (Å²) in [4.78, 5) is 21.0. The minimum absolute atomic E-state index is 0. The highest BCUT2D eigenvalue weighted by Crippen LogP contribution is 2.12. The lowest BCUT2D eigenvalue weighted by atomic mass is 10.3. The summed E-state index contributed by atoms with van der Waals surface area (Å²) in [6.07, 6.45) is 2.27. The first-order chi connectivity index (χ1) is 14.2. The molecule has 3 rings (SSSR count). The number of nitrogens with one attached hydrogen (secondary N) is 1. The van der Waals surface area contributed by atoms with Crippen LogP contribution < -0.4 is 10.1 Å². The number of piperazine rings is 1. The molecule has 30 heavy (non-hydrogen) atoms. The Labute approximate surface area is 193 Å². The molecule has 1 aliphatic rings. The highest BCUT2D eigenvalue weighted by molar-refractivity contribution is 14.0. The van der Waals surface area contributed by atoms with Crippen LogP contribution in [0.1, 0.15) is 23.9 Å². The minimum Gasteiger partial charge on any atom is -0.494 e. The number of nitrogens with zero attached hydrogens (tertiary/aromatic N) is 3. The number of halogens is 2. The number of benzene rings is 1. The number of furan rings is 1. The predicted molar refractivity (Wildman–Crippen MR) is 124 cm³/mol. The van der Waals surface area contributed by atoms with Crippen LogP contribution in [0.25, 0.3) is 0 Å². The number of carbonyl (C=O) groups excluding carboxylic acids is 1.